The van der Waals surface area contributed by atoms with Crippen LogP contribution in [0.1, 0.15) is 25.0 Å². The van der Waals surface area contributed by atoms with Crippen molar-refractivity contribution >= 4 is 43.7 Å². The number of nitrogens with zero attached hydrogens (tertiary/aromatic N) is 3. The quantitative estimate of drug-likeness (QED) is 0.202. The lowest BCUT2D eigenvalue weighted by molar-refractivity contribution is 0.657. The normalized spacial score (nSPS) is 13.5. The third-order valence-corrected chi connectivity index (χ3v) is 9.99. The first-order chi connectivity index (χ1) is 23.1. The number of aromatic nitrogens is 3. The lowest BCUT2D eigenvalue weighted by Crippen LogP contribution is -2.18. The van der Waals surface area contributed by atoms with Gasteiger partial charge in [-0.05, 0) is 35.9 Å². The molecule has 0 N–H and O–H groups in total. The van der Waals surface area contributed by atoms with E-state index in [1.807, 2.05) is 18.2 Å². The van der Waals surface area contributed by atoms with Gasteiger partial charge in [-0.1, -0.05) is 123 Å². The second kappa shape index (κ2) is 9.51. The maximum Gasteiger partial charge on any atom is 0.160 e. The Morgan fingerprint density at radius 1 is 0.532 bits per heavy atom. The van der Waals surface area contributed by atoms with Gasteiger partial charge >= 0.3 is 0 Å². The molecule has 0 spiro atoms. The molecule has 6 aromatic carbocycles. The molecule has 0 aliphatic heterocycles. The van der Waals surface area contributed by atoms with Crippen molar-refractivity contribution in [2.24, 2.45) is 0 Å². The Balaban J connectivity index is 1.32. The highest BCUT2D eigenvalue weighted by molar-refractivity contribution is 6.17. The summed E-state index contributed by atoms with van der Waals surface area (Å²) in [5, 5.41) is 4.58. The predicted molar refractivity (Wildman–Crippen MR) is 192 cm³/mol. The van der Waals surface area contributed by atoms with E-state index in [2.05, 4.69) is 140 Å². The van der Waals surface area contributed by atoms with Gasteiger partial charge in [0.25, 0.3) is 0 Å². The van der Waals surface area contributed by atoms with Crippen molar-refractivity contribution < 1.29 is 4.42 Å². The van der Waals surface area contributed by atoms with E-state index in [1.165, 1.54) is 16.5 Å². The fraction of sp³-hybridized carbons (Fsp3) is 0.0698. The average molecular weight is 604 g/mol. The van der Waals surface area contributed by atoms with Gasteiger partial charge in [0.1, 0.15) is 11.2 Å². The zero-order valence-electron chi connectivity index (χ0n) is 26.0. The molecule has 4 heteroatoms. The molecule has 1 aliphatic carbocycles. The Hall–Kier alpha value is -6.00. The summed E-state index contributed by atoms with van der Waals surface area (Å²) in [6.45, 7) is 4.60. The van der Waals surface area contributed by atoms with Gasteiger partial charge in [0.15, 0.2) is 5.82 Å². The van der Waals surface area contributed by atoms with Crippen molar-refractivity contribution in [2.45, 2.75) is 19.3 Å². The molecule has 0 fully saturated rings. The molecule has 9 aromatic rings. The van der Waals surface area contributed by atoms with Crippen LogP contribution in [0.15, 0.2) is 144 Å². The zero-order chi connectivity index (χ0) is 31.3. The number of benzene rings is 6. The Morgan fingerprint density at radius 2 is 1.19 bits per heavy atom. The standard InChI is InChI=1S/C43H29N3O/c1-43(2)33-20-10-6-18-29(33)40-39(43)41(45-42(44-40)26-14-4-3-5-15-26)30-19-8-12-22-35(30)46-34-21-11-7-16-27(34)31-25-38-32(24-36(31)46)28-17-9-13-23-37(28)47-38/h3-25H,1-2H3. The highest BCUT2D eigenvalue weighted by atomic mass is 16.3. The number of hydrogen-bond acceptors (Lipinski definition) is 3. The number of fused-ring (bicyclic) bond motifs is 9. The van der Waals surface area contributed by atoms with Crippen LogP contribution < -0.4 is 0 Å². The predicted octanol–water partition coefficient (Wildman–Crippen LogP) is 11.1. The van der Waals surface area contributed by atoms with E-state index >= 15 is 0 Å². The van der Waals surface area contributed by atoms with Crippen LogP contribution >= 0.6 is 0 Å². The second-order valence-electron chi connectivity index (χ2n) is 13.0. The summed E-state index contributed by atoms with van der Waals surface area (Å²) in [6.07, 6.45) is 0. The minimum Gasteiger partial charge on any atom is -0.456 e. The summed E-state index contributed by atoms with van der Waals surface area (Å²) < 4.78 is 8.76. The molecule has 0 saturated heterocycles. The van der Waals surface area contributed by atoms with Crippen molar-refractivity contribution in [2.75, 3.05) is 0 Å². The lowest BCUT2D eigenvalue weighted by atomic mass is 9.80. The molecule has 3 heterocycles. The lowest BCUT2D eigenvalue weighted by Gasteiger charge is -2.25. The maximum atomic E-state index is 6.35. The van der Waals surface area contributed by atoms with E-state index in [9.17, 15) is 0 Å². The van der Waals surface area contributed by atoms with E-state index in [0.29, 0.717) is 0 Å². The smallest absolute Gasteiger partial charge is 0.160 e. The van der Waals surface area contributed by atoms with Crippen molar-refractivity contribution in [1.29, 1.82) is 0 Å². The van der Waals surface area contributed by atoms with Crippen LogP contribution in [0.2, 0.25) is 0 Å². The molecule has 10 rings (SSSR count). The van der Waals surface area contributed by atoms with Crippen LogP contribution in [0.4, 0.5) is 0 Å². The van der Waals surface area contributed by atoms with Crippen molar-refractivity contribution in [3.63, 3.8) is 0 Å². The van der Waals surface area contributed by atoms with E-state index < -0.39 is 0 Å². The molecule has 0 saturated carbocycles. The fourth-order valence-electron chi connectivity index (χ4n) is 7.84. The molecule has 3 aromatic heterocycles. The van der Waals surface area contributed by atoms with Crippen molar-refractivity contribution in [3.8, 4) is 39.6 Å². The van der Waals surface area contributed by atoms with Gasteiger partial charge < -0.3 is 8.98 Å². The third-order valence-electron chi connectivity index (χ3n) is 9.99. The topological polar surface area (TPSA) is 43.9 Å². The summed E-state index contributed by atoms with van der Waals surface area (Å²) in [6, 6.07) is 49.2. The van der Waals surface area contributed by atoms with Crippen LogP contribution in [-0.4, -0.2) is 14.5 Å². The summed E-state index contributed by atoms with van der Waals surface area (Å²) in [4.78, 5) is 10.7. The molecule has 47 heavy (non-hydrogen) atoms. The van der Waals surface area contributed by atoms with E-state index in [4.69, 9.17) is 14.4 Å². The Labute approximate surface area is 271 Å². The van der Waals surface area contributed by atoms with Crippen molar-refractivity contribution in [3.05, 3.63) is 151 Å². The summed E-state index contributed by atoms with van der Waals surface area (Å²) >= 11 is 0. The van der Waals surface area contributed by atoms with Crippen LogP contribution in [-0.2, 0) is 5.41 Å². The number of hydrogen-bond donors (Lipinski definition) is 0. The van der Waals surface area contributed by atoms with Gasteiger partial charge in [-0.2, -0.15) is 0 Å². The first kappa shape index (κ1) is 26.2. The molecule has 222 valence electrons. The highest BCUT2D eigenvalue weighted by Crippen LogP contribution is 2.52. The van der Waals surface area contributed by atoms with Crippen molar-refractivity contribution in [1.82, 2.24) is 14.5 Å². The van der Waals surface area contributed by atoms with Gasteiger partial charge in [-0.25, -0.2) is 9.97 Å². The highest BCUT2D eigenvalue weighted by Gasteiger charge is 2.40. The number of rotatable bonds is 3. The van der Waals surface area contributed by atoms with Crippen LogP contribution in [0.3, 0.4) is 0 Å². The third kappa shape index (κ3) is 3.64. The largest absolute Gasteiger partial charge is 0.456 e. The monoisotopic (exact) mass is 603 g/mol. The second-order valence-corrected chi connectivity index (χ2v) is 13.0. The van der Waals surface area contributed by atoms with Gasteiger partial charge in [0, 0.05) is 49.2 Å². The Kier molecular flexibility index (Phi) is 5.31. The number of furan rings is 1. The molecule has 1 aliphatic rings. The Bertz CT molecular complexity index is 2710. The van der Waals surface area contributed by atoms with Crippen LogP contribution in [0, 0.1) is 0 Å². The molecule has 0 amide bonds. The fourth-order valence-corrected chi connectivity index (χ4v) is 7.84. The first-order valence-corrected chi connectivity index (χ1v) is 16.1. The molecule has 0 bridgehead atoms. The van der Waals surface area contributed by atoms with E-state index in [1.54, 1.807) is 0 Å². The molecule has 0 atom stereocenters. The van der Waals surface area contributed by atoms with Gasteiger partial charge in [0.2, 0.25) is 0 Å². The minimum atomic E-state index is -0.285. The van der Waals surface area contributed by atoms with Crippen LogP contribution in [0.25, 0.3) is 83.3 Å². The molecular weight excluding hydrogens is 574 g/mol. The van der Waals surface area contributed by atoms with Gasteiger partial charge in [-0.15, -0.1) is 0 Å². The maximum absolute atomic E-state index is 6.35. The Morgan fingerprint density at radius 3 is 2.04 bits per heavy atom. The molecule has 0 radical (unpaired) electrons. The number of para-hydroxylation sites is 3. The summed E-state index contributed by atoms with van der Waals surface area (Å²) in [7, 11) is 0. The summed E-state index contributed by atoms with van der Waals surface area (Å²) in [5.41, 5.74) is 12.5. The summed E-state index contributed by atoms with van der Waals surface area (Å²) in [5.74, 6) is 0.732. The first-order valence-electron chi connectivity index (χ1n) is 16.1. The van der Waals surface area contributed by atoms with Gasteiger partial charge in [0.05, 0.1) is 28.1 Å². The van der Waals surface area contributed by atoms with E-state index in [-0.39, 0.29) is 5.41 Å². The molecule has 4 nitrogen and oxygen atoms in total. The average Bonchev–Trinajstić information content (AvgIpc) is 3.72. The van der Waals surface area contributed by atoms with Crippen LogP contribution in [0.5, 0.6) is 0 Å². The SMILES string of the molecule is CC1(C)c2ccccc2-c2nc(-c3ccccc3)nc(-c3ccccc3-n3c4ccccc4c4cc5oc6ccccc6c5cc43)c21. The van der Waals surface area contributed by atoms with Gasteiger partial charge in [-0.3, -0.25) is 0 Å². The molecular formula is C43H29N3O. The zero-order valence-corrected chi connectivity index (χ0v) is 26.0. The minimum absolute atomic E-state index is 0.285. The van der Waals surface area contributed by atoms with E-state index in [0.717, 1.165) is 77.9 Å². The molecule has 0 unspecified atom stereocenters.